The Balaban J connectivity index is 2.68. The van der Waals surface area contributed by atoms with Gasteiger partial charge in [0.25, 0.3) is 0 Å². The number of nitrogens with zero attached hydrogens (tertiary/aromatic N) is 1. The molecule has 0 bridgehead atoms. The van der Waals surface area contributed by atoms with Crippen LogP contribution in [0, 0.1) is 5.92 Å². The zero-order valence-electron chi connectivity index (χ0n) is 11.6. The lowest BCUT2D eigenvalue weighted by molar-refractivity contribution is 0.0954. The molecule has 0 N–H and O–H groups in total. The van der Waals surface area contributed by atoms with E-state index in [2.05, 4.69) is 18.8 Å². The van der Waals surface area contributed by atoms with Gasteiger partial charge in [-0.1, -0.05) is 39.5 Å². The molecule has 0 amide bonds. The average molecular weight is 249 g/mol. The van der Waals surface area contributed by atoms with Crippen LogP contribution in [0.3, 0.4) is 0 Å². The van der Waals surface area contributed by atoms with Crippen molar-refractivity contribution in [1.29, 1.82) is 0 Å². The van der Waals surface area contributed by atoms with Gasteiger partial charge in [0.15, 0.2) is 5.78 Å². The van der Waals surface area contributed by atoms with Crippen molar-refractivity contribution in [2.75, 3.05) is 7.11 Å². The maximum absolute atomic E-state index is 12.2. The molecular weight excluding hydrogens is 226 g/mol. The first-order valence-electron chi connectivity index (χ1n) is 6.74. The van der Waals surface area contributed by atoms with Gasteiger partial charge in [0.05, 0.1) is 18.9 Å². The molecule has 0 aliphatic heterocycles. The van der Waals surface area contributed by atoms with Gasteiger partial charge in [0.1, 0.15) is 5.75 Å². The highest BCUT2D eigenvalue weighted by molar-refractivity contribution is 5.98. The monoisotopic (exact) mass is 249 g/mol. The van der Waals surface area contributed by atoms with Crippen molar-refractivity contribution < 1.29 is 9.53 Å². The van der Waals surface area contributed by atoms with Crippen LogP contribution in [0.15, 0.2) is 18.5 Å². The maximum Gasteiger partial charge on any atom is 0.166 e. The molecule has 1 heterocycles. The molecule has 1 rings (SSSR count). The predicted octanol–water partition coefficient (Wildman–Crippen LogP) is 3.88. The Bertz CT molecular complexity index is 377. The molecule has 1 unspecified atom stereocenters. The summed E-state index contributed by atoms with van der Waals surface area (Å²) in [4.78, 5) is 16.2. The number of Topliss-reactive ketones (excluding diaryl/α,β-unsaturated/α-hetero) is 1. The van der Waals surface area contributed by atoms with Crippen LogP contribution in [0.4, 0.5) is 0 Å². The topological polar surface area (TPSA) is 39.2 Å². The van der Waals surface area contributed by atoms with E-state index in [0.717, 1.165) is 12.8 Å². The van der Waals surface area contributed by atoms with Crippen molar-refractivity contribution in [2.45, 2.75) is 46.0 Å². The number of hydrogen-bond donors (Lipinski definition) is 0. The fraction of sp³-hybridized carbons (Fsp3) is 0.600. The Morgan fingerprint density at radius 3 is 2.83 bits per heavy atom. The number of carbonyl (C=O) groups excluding carboxylic acids is 1. The first kappa shape index (κ1) is 14.7. The average Bonchev–Trinajstić information content (AvgIpc) is 2.43. The summed E-state index contributed by atoms with van der Waals surface area (Å²) >= 11 is 0. The predicted molar refractivity (Wildman–Crippen MR) is 73.0 cm³/mol. The van der Waals surface area contributed by atoms with Crippen LogP contribution >= 0.6 is 0 Å². The molecule has 100 valence electrons. The lowest BCUT2D eigenvalue weighted by atomic mass is 9.91. The first-order valence-corrected chi connectivity index (χ1v) is 6.74. The van der Waals surface area contributed by atoms with Crippen LogP contribution in [-0.2, 0) is 0 Å². The molecule has 1 aromatic rings. The smallest absolute Gasteiger partial charge is 0.166 e. The van der Waals surface area contributed by atoms with Gasteiger partial charge in [0, 0.05) is 12.6 Å². The fourth-order valence-electron chi connectivity index (χ4n) is 2.09. The van der Waals surface area contributed by atoms with E-state index in [0.29, 0.717) is 23.7 Å². The normalized spacial score (nSPS) is 12.2. The van der Waals surface area contributed by atoms with Crippen LogP contribution < -0.4 is 4.74 Å². The van der Waals surface area contributed by atoms with Gasteiger partial charge in [-0.15, -0.1) is 0 Å². The molecule has 0 saturated carbocycles. The number of rotatable bonds is 8. The van der Waals surface area contributed by atoms with Crippen LogP contribution in [0.1, 0.15) is 56.3 Å². The minimum absolute atomic E-state index is 0.164. The second-order valence-corrected chi connectivity index (χ2v) is 4.62. The largest absolute Gasteiger partial charge is 0.494 e. The van der Waals surface area contributed by atoms with Gasteiger partial charge in [-0.05, 0) is 12.0 Å². The van der Waals surface area contributed by atoms with E-state index in [9.17, 15) is 4.79 Å². The zero-order valence-corrected chi connectivity index (χ0v) is 11.6. The van der Waals surface area contributed by atoms with Crippen molar-refractivity contribution in [3.63, 3.8) is 0 Å². The van der Waals surface area contributed by atoms with Crippen LogP contribution in [0.2, 0.25) is 0 Å². The molecular formula is C15H23NO2. The number of aromatic nitrogens is 1. The molecule has 18 heavy (non-hydrogen) atoms. The van der Waals surface area contributed by atoms with Gasteiger partial charge in [0.2, 0.25) is 0 Å². The third-order valence-corrected chi connectivity index (χ3v) is 3.32. The summed E-state index contributed by atoms with van der Waals surface area (Å²) in [7, 11) is 1.57. The van der Waals surface area contributed by atoms with E-state index in [1.165, 1.54) is 12.8 Å². The van der Waals surface area contributed by atoms with Gasteiger partial charge >= 0.3 is 0 Å². The first-order chi connectivity index (χ1) is 8.72. The third kappa shape index (κ3) is 4.13. The minimum Gasteiger partial charge on any atom is -0.494 e. The van der Waals surface area contributed by atoms with Gasteiger partial charge in [-0.2, -0.15) is 0 Å². The summed E-state index contributed by atoms with van der Waals surface area (Å²) in [6, 6.07) is 1.74. The molecule has 0 saturated heterocycles. The second kappa shape index (κ2) is 7.85. The molecule has 1 aromatic heterocycles. The molecule has 0 aliphatic carbocycles. The SMILES string of the molecule is CCCCC(CC)CC(=O)c1ccncc1OC. The number of carbonyl (C=O) groups is 1. The molecule has 0 fully saturated rings. The van der Waals surface area contributed by atoms with Crippen LogP contribution in [-0.4, -0.2) is 17.9 Å². The van der Waals surface area contributed by atoms with E-state index in [-0.39, 0.29) is 5.78 Å². The van der Waals surface area contributed by atoms with E-state index in [1.54, 1.807) is 25.6 Å². The quantitative estimate of drug-likeness (QED) is 0.656. The highest BCUT2D eigenvalue weighted by Crippen LogP contribution is 2.23. The third-order valence-electron chi connectivity index (χ3n) is 3.32. The number of methoxy groups -OCH3 is 1. The Morgan fingerprint density at radius 1 is 1.44 bits per heavy atom. The number of ether oxygens (including phenoxy) is 1. The van der Waals surface area contributed by atoms with Crippen LogP contribution in [0.25, 0.3) is 0 Å². The second-order valence-electron chi connectivity index (χ2n) is 4.62. The van der Waals surface area contributed by atoms with Crippen molar-refractivity contribution in [1.82, 2.24) is 4.98 Å². The van der Waals surface area contributed by atoms with E-state index in [4.69, 9.17) is 4.74 Å². The van der Waals surface area contributed by atoms with E-state index < -0.39 is 0 Å². The Morgan fingerprint density at radius 2 is 2.22 bits per heavy atom. The molecule has 0 aromatic carbocycles. The zero-order chi connectivity index (χ0) is 13.4. The fourth-order valence-corrected chi connectivity index (χ4v) is 2.09. The highest BCUT2D eigenvalue weighted by atomic mass is 16.5. The summed E-state index contributed by atoms with van der Waals surface area (Å²) in [5.41, 5.74) is 0.655. The summed E-state index contributed by atoms with van der Waals surface area (Å²) in [5.74, 6) is 1.22. The highest BCUT2D eigenvalue weighted by Gasteiger charge is 2.16. The Labute approximate surface area is 110 Å². The lowest BCUT2D eigenvalue weighted by Crippen LogP contribution is -2.09. The maximum atomic E-state index is 12.2. The van der Waals surface area contributed by atoms with Crippen molar-refractivity contribution >= 4 is 5.78 Å². The molecule has 0 spiro atoms. The number of pyridine rings is 1. The number of hydrogen-bond acceptors (Lipinski definition) is 3. The Hall–Kier alpha value is -1.38. The molecule has 0 aliphatic rings. The summed E-state index contributed by atoms with van der Waals surface area (Å²) in [5, 5.41) is 0. The van der Waals surface area contributed by atoms with E-state index >= 15 is 0 Å². The van der Waals surface area contributed by atoms with Gasteiger partial charge in [-0.25, -0.2) is 0 Å². The minimum atomic E-state index is 0.164. The standard InChI is InChI=1S/C15H23NO2/c1-4-6-7-12(5-2)10-14(17)13-8-9-16-11-15(13)18-3/h8-9,11-12H,4-7,10H2,1-3H3. The lowest BCUT2D eigenvalue weighted by Gasteiger charge is -2.14. The molecule has 3 heteroatoms. The van der Waals surface area contributed by atoms with Crippen molar-refractivity contribution in [3.8, 4) is 5.75 Å². The number of unbranched alkanes of at least 4 members (excludes halogenated alkanes) is 1. The van der Waals surface area contributed by atoms with Gasteiger partial charge < -0.3 is 4.74 Å². The van der Waals surface area contributed by atoms with Crippen LogP contribution in [0.5, 0.6) is 5.75 Å². The Kier molecular flexibility index (Phi) is 6.40. The van der Waals surface area contributed by atoms with Crippen molar-refractivity contribution in [3.05, 3.63) is 24.0 Å². The van der Waals surface area contributed by atoms with Crippen molar-refractivity contribution in [2.24, 2.45) is 5.92 Å². The van der Waals surface area contributed by atoms with Gasteiger partial charge in [-0.3, -0.25) is 9.78 Å². The number of ketones is 1. The summed E-state index contributed by atoms with van der Waals surface area (Å²) in [6.07, 6.45) is 8.41. The molecule has 1 atom stereocenters. The molecule has 0 radical (unpaired) electrons. The molecule has 3 nitrogen and oxygen atoms in total. The van der Waals surface area contributed by atoms with E-state index in [1.807, 2.05) is 0 Å². The summed E-state index contributed by atoms with van der Waals surface area (Å²) in [6.45, 7) is 4.33. The summed E-state index contributed by atoms with van der Waals surface area (Å²) < 4.78 is 5.18.